The molecule has 1 aromatic heterocycles. The maximum absolute atomic E-state index is 12.1. The number of ether oxygens (including phenoxy) is 1. The van der Waals surface area contributed by atoms with Crippen molar-refractivity contribution in [2.24, 2.45) is 11.7 Å². The van der Waals surface area contributed by atoms with Gasteiger partial charge in [0.05, 0.1) is 13.2 Å². The molecule has 0 fully saturated rings. The zero-order valence-corrected chi connectivity index (χ0v) is 13.1. The minimum Gasteiger partial charge on any atom is -0.380 e. The minimum atomic E-state index is -3.60. The Balaban J connectivity index is 2.61. The van der Waals surface area contributed by atoms with Crippen molar-refractivity contribution in [3.8, 4) is 11.8 Å². The highest BCUT2D eigenvalue weighted by atomic mass is 32.2. The summed E-state index contributed by atoms with van der Waals surface area (Å²) >= 11 is 0. The largest absolute Gasteiger partial charge is 0.380 e. The summed E-state index contributed by atoms with van der Waals surface area (Å²) in [6.07, 6.45) is 2.78. The maximum atomic E-state index is 12.1. The van der Waals surface area contributed by atoms with Crippen LogP contribution in [0, 0.1) is 17.8 Å². The molecule has 0 aliphatic carbocycles. The summed E-state index contributed by atoms with van der Waals surface area (Å²) in [6.45, 7) is 5.43. The Labute approximate surface area is 126 Å². The Bertz CT molecular complexity index is 603. The lowest BCUT2D eigenvalue weighted by Crippen LogP contribution is -2.28. The van der Waals surface area contributed by atoms with Crippen molar-refractivity contribution in [1.82, 2.24) is 9.71 Å². The Morgan fingerprint density at radius 3 is 2.86 bits per heavy atom. The molecule has 0 aliphatic heterocycles. The number of aromatic nitrogens is 1. The number of nitrogens with one attached hydrogen (secondary N) is 1. The van der Waals surface area contributed by atoms with Crippen LogP contribution in [0.5, 0.6) is 0 Å². The van der Waals surface area contributed by atoms with Crippen LogP contribution in [0.3, 0.4) is 0 Å². The first kappa shape index (κ1) is 17.6. The molecule has 3 N–H and O–H groups in total. The van der Waals surface area contributed by atoms with Crippen molar-refractivity contribution >= 4 is 10.0 Å². The van der Waals surface area contributed by atoms with E-state index in [1.54, 1.807) is 0 Å². The Morgan fingerprint density at radius 1 is 1.43 bits per heavy atom. The quantitative estimate of drug-likeness (QED) is 0.559. The second-order valence-electron chi connectivity index (χ2n) is 4.78. The maximum Gasteiger partial charge on any atom is 0.242 e. The number of rotatable bonds is 7. The van der Waals surface area contributed by atoms with E-state index in [0.29, 0.717) is 24.7 Å². The van der Waals surface area contributed by atoms with Crippen LogP contribution in [-0.2, 0) is 14.8 Å². The fourth-order valence-corrected chi connectivity index (χ4v) is 2.44. The van der Waals surface area contributed by atoms with Crippen molar-refractivity contribution in [2.75, 3.05) is 26.3 Å². The van der Waals surface area contributed by atoms with Crippen LogP contribution >= 0.6 is 0 Å². The monoisotopic (exact) mass is 311 g/mol. The zero-order valence-electron chi connectivity index (χ0n) is 12.3. The molecular weight excluding hydrogens is 290 g/mol. The van der Waals surface area contributed by atoms with Crippen LogP contribution in [0.25, 0.3) is 0 Å². The first-order chi connectivity index (χ1) is 9.95. The van der Waals surface area contributed by atoms with Crippen molar-refractivity contribution in [1.29, 1.82) is 0 Å². The molecule has 1 rings (SSSR count). The van der Waals surface area contributed by atoms with E-state index >= 15 is 0 Å². The third-order valence-corrected chi connectivity index (χ3v) is 3.78. The van der Waals surface area contributed by atoms with Gasteiger partial charge in [-0.3, -0.25) is 4.98 Å². The molecule has 7 heteroatoms. The summed E-state index contributed by atoms with van der Waals surface area (Å²) in [5.41, 5.74) is 5.79. The molecule has 0 aliphatic rings. The molecule has 1 heterocycles. The normalized spacial score (nSPS) is 11.2. The molecule has 0 saturated carbocycles. The van der Waals surface area contributed by atoms with E-state index < -0.39 is 10.0 Å². The molecule has 6 nitrogen and oxygen atoms in total. The molecule has 0 unspecified atom stereocenters. The summed E-state index contributed by atoms with van der Waals surface area (Å²) in [5.74, 6) is 5.83. The topological polar surface area (TPSA) is 94.3 Å². The van der Waals surface area contributed by atoms with Gasteiger partial charge in [0.25, 0.3) is 0 Å². The van der Waals surface area contributed by atoms with Crippen molar-refractivity contribution in [3.63, 3.8) is 0 Å². The summed E-state index contributed by atoms with van der Waals surface area (Å²) in [7, 11) is -3.60. The van der Waals surface area contributed by atoms with Crippen molar-refractivity contribution in [3.05, 3.63) is 24.0 Å². The molecule has 0 bridgehead atoms. The molecular formula is C14H21N3O3S. The number of nitrogens with two attached hydrogens (primary N) is 1. The van der Waals surface area contributed by atoms with E-state index in [4.69, 9.17) is 10.5 Å². The standard InChI is InChI=1S/C14H21N3O3S/c1-12(2)11-20-7-6-17-21(18,19)14-8-13(4-3-5-15)9-16-10-14/h8-10,12,17H,5-7,11,15H2,1-2H3. The van der Waals surface area contributed by atoms with Crippen LogP contribution < -0.4 is 10.5 Å². The zero-order chi connectivity index (χ0) is 15.7. The summed E-state index contributed by atoms with van der Waals surface area (Å²) in [6, 6.07) is 1.47. The molecule has 116 valence electrons. The molecule has 0 amide bonds. The highest BCUT2D eigenvalue weighted by molar-refractivity contribution is 7.89. The Kier molecular flexibility index (Phi) is 7.32. The van der Waals surface area contributed by atoms with Gasteiger partial charge in [-0.25, -0.2) is 13.1 Å². The third-order valence-electron chi connectivity index (χ3n) is 2.35. The lowest BCUT2D eigenvalue weighted by atomic mass is 10.2. The molecule has 0 atom stereocenters. The van der Waals surface area contributed by atoms with Crippen molar-refractivity contribution in [2.45, 2.75) is 18.7 Å². The smallest absolute Gasteiger partial charge is 0.242 e. The highest BCUT2D eigenvalue weighted by Crippen LogP contribution is 2.08. The minimum absolute atomic E-state index is 0.0789. The number of hydrogen-bond acceptors (Lipinski definition) is 5. The van der Waals surface area contributed by atoms with Crippen molar-refractivity contribution < 1.29 is 13.2 Å². The number of nitrogens with zero attached hydrogens (tertiary/aromatic N) is 1. The fraction of sp³-hybridized carbons (Fsp3) is 0.500. The lowest BCUT2D eigenvalue weighted by Gasteiger charge is -2.08. The average molecular weight is 311 g/mol. The molecule has 0 spiro atoms. The molecule has 0 saturated heterocycles. The van der Waals surface area contributed by atoms with Gasteiger partial charge >= 0.3 is 0 Å². The Hall–Kier alpha value is -1.46. The Morgan fingerprint density at radius 2 is 2.19 bits per heavy atom. The fourth-order valence-electron chi connectivity index (χ4n) is 1.44. The van der Waals surface area contributed by atoms with Gasteiger partial charge in [0.15, 0.2) is 0 Å². The molecule has 1 aromatic rings. The predicted molar refractivity (Wildman–Crippen MR) is 81.0 cm³/mol. The number of sulfonamides is 1. The summed E-state index contributed by atoms with van der Waals surface area (Å²) in [5, 5.41) is 0. The summed E-state index contributed by atoms with van der Waals surface area (Å²) < 4.78 is 31.9. The van der Waals surface area contributed by atoms with E-state index in [1.807, 2.05) is 13.8 Å². The van der Waals surface area contributed by atoms with E-state index in [9.17, 15) is 8.42 Å². The second kappa shape index (κ2) is 8.74. The van der Waals surface area contributed by atoms with Gasteiger partial charge in [-0.1, -0.05) is 25.7 Å². The van der Waals surface area contributed by atoms with Crippen LogP contribution in [0.15, 0.2) is 23.4 Å². The third kappa shape index (κ3) is 6.69. The van der Waals surface area contributed by atoms with E-state index in [1.165, 1.54) is 18.5 Å². The highest BCUT2D eigenvalue weighted by Gasteiger charge is 2.14. The molecule has 0 radical (unpaired) electrons. The van der Waals surface area contributed by atoms with E-state index in [2.05, 4.69) is 21.5 Å². The SMILES string of the molecule is CC(C)COCCNS(=O)(=O)c1cncc(C#CCN)c1. The second-order valence-corrected chi connectivity index (χ2v) is 6.55. The van der Waals surface area contributed by atoms with Crippen LogP contribution in [0.4, 0.5) is 0 Å². The van der Waals surface area contributed by atoms with E-state index in [-0.39, 0.29) is 18.0 Å². The van der Waals surface area contributed by atoms with Crippen LogP contribution in [0.2, 0.25) is 0 Å². The number of pyridine rings is 1. The van der Waals surface area contributed by atoms with Gasteiger partial charge < -0.3 is 10.5 Å². The predicted octanol–water partition coefficient (Wildman–Crippen LogP) is 0.343. The van der Waals surface area contributed by atoms with Gasteiger partial charge in [0.1, 0.15) is 4.90 Å². The molecule has 0 aromatic carbocycles. The number of hydrogen-bond donors (Lipinski definition) is 2. The summed E-state index contributed by atoms with van der Waals surface area (Å²) in [4.78, 5) is 3.96. The first-order valence-corrected chi connectivity index (χ1v) is 8.15. The average Bonchev–Trinajstić information content (AvgIpc) is 2.44. The van der Waals surface area contributed by atoms with Crippen LogP contribution in [-0.4, -0.2) is 39.7 Å². The van der Waals surface area contributed by atoms with Gasteiger partial charge in [-0.15, -0.1) is 0 Å². The van der Waals surface area contributed by atoms with Gasteiger partial charge in [0, 0.05) is 31.1 Å². The van der Waals surface area contributed by atoms with Gasteiger partial charge in [-0.2, -0.15) is 0 Å². The van der Waals surface area contributed by atoms with Gasteiger partial charge in [-0.05, 0) is 12.0 Å². The van der Waals surface area contributed by atoms with E-state index in [0.717, 1.165) is 0 Å². The molecule has 21 heavy (non-hydrogen) atoms. The van der Waals surface area contributed by atoms with Gasteiger partial charge in [0.2, 0.25) is 10.0 Å². The van der Waals surface area contributed by atoms with Crippen LogP contribution in [0.1, 0.15) is 19.4 Å². The lowest BCUT2D eigenvalue weighted by molar-refractivity contribution is 0.114. The first-order valence-electron chi connectivity index (χ1n) is 6.67.